The molecule has 2 unspecified atom stereocenters. The van der Waals surface area contributed by atoms with Crippen LogP contribution in [0.4, 0.5) is 0 Å². The quantitative estimate of drug-likeness (QED) is 0.180. The second kappa shape index (κ2) is 13.2. The molecule has 0 saturated heterocycles. The molecule has 0 saturated carbocycles. The molecule has 0 fully saturated rings. The van der Waals surface area contributed by atoms with E-state index < -0.39 is 0 Å². The van der Waals surface area contributed by atoms with Gasteiger partial charge in [0.15, 0.2) is 17.5 Å². The number of dihydropyridines is 1. The van der Waals surface area contributed by atoms with Crippen LogP contribution in [0.1, 0.15) is 17.2 Å². The number of rotatable bonds is 6. The first kappa shape index (κ1) is 31.2. The highest BCUT2D eigenvalue weighted by Crippen LogP contribution is 2.49. The van der Waals surface area contributed by atoms with Gasteiger partial charge in [-0.1, -0.05) is 157 Å². The summed E-state index contributed by atoms with van der Waals surface area (Å²) in [6.07, 6.45) is 6.25. The van der Waals surface area contributed by atoms with Gasteiger partial charge in [0.25, 0.3) is 0 Å². The fourth-order valence-corrected chi connectivity index (χ4v) is 8.46. The smallest absolute Gasteiger partial charge is 0.164 e. The molecule has 2 atom stereocenters. The van der Waals surface area contributed by atoms with Crippen LogP contribution in [0.15, 0.2) is 191 Å². The Morgan fingerprint density at radius 2 is 1.13 bits per heavy atom. The van der Waals surface area contributed by atoms with Gasteiger partial charge in [-0.15, -0.1) is 0 Å². The maximum absolute atomic E-state index is 5.26. The normalized spacial score (nSPS) is 17.4. The maximum atomic E-state index is 5.26. The molecule has 1 aromatic heterocycles. The molecule has 0 aliphatic carbocycles. The fraction of sp³-hybridized carbons (Fsp3) is 0.0435. The van der Waals surface area contributed by atoms with Crippen LogP contribution in [-0.2, 0) is 0 Å². The Kier molecular flexibility index (Phi) is 7.77. The van der Waals surface area contributed by atoms with E-state index in [1.54, 1.807) is 0 Å². The average molecular weight is 701 g/mol. The topological polar surface area (TPSA) is 75.1 Å². The lowest BCUT2D eigenvalue weighted by atomic mass is 9.97. The van der Waals surface area contributed by atoms with Crippen molar-refractivity contribution in [2.24, 2.45) is 4.99 Å². The zero-order valence-corrected chi connectivity index (χ0v) is 29.3. The molecule has 6 nitrogen and oxygen atoms in total. The zero-order chi connectivity index (χ0) is 35.1. The summed E-state index contributed by atoms with van der Waals surface area (Å²) < 4.78 is 0. The molecule has 4 heterocycles. The number of fused-ring (bicyclic) bond motifs is 3. The number of nitrogens with one attached hydrogen (secondary N) is 2. The van der Waals surface area contributed by atoms with Crippen molar-refractivity contribution in [3.63, 3.8) is 0 Å². The highest BCUT2D eigenvalue weighted by atomic mass is 32.2. The first-order valence-electron chi connectivity index (χ1n) is 17.7. The SMILES string of the molecule is C1=CNC2SC3=C(N=C(c4ccc(-c5nc(-c6ccccc6)nc(-c6cccc(-c7ccccc7)c6)n5)cc4)NC3c3ccc4ccccc4c3)C2=C1. The van der Waals surface area contributed by atoms with Gasteiger partial charge in [0.2, 0.25) is 0 Å². The number of thioether (sulfide) groups is 1. The average Bonchev–Trinajstić information content (AvgIpc) is 3.62. The molecule has 2 N–H and O–H groups in total. The maximum Gasteiger partial charge on any atom is 0.164 e. The van der Waals surface area contributed by atoms with E-state index in [9.17, 15) is 0 Å². The van der Waals surface area contributed by atoms with E-state index in [2.05, 4.69) is 138 Å². The molecule has 3 aliphatic heterocycles. The standard InChI is InChI=1S/C46H32N6S/c1-3-11-29(12-4-1)35-17-9-18-37(28-35)45-51-43(31-14-5-2-6-15-31)50-44(52-45)33-23-21-32(22-24-33)42-48-39(36-25-20-30-13-7-8-16-34(30)27-36)41-40(49-42)38-19-10-26-47-46(38)53-41/h1-28,39,46-47H,(H,48,49). The molecule has 7 aromatic rings. The van der Waals surface area contributed by atoms with Crippen molar-refractivity contribution >= 4 is 28.4 Å². The lowest BCUT2D eigenvalue weighted by molar-refractivity contribution is 0.758. The van der Waals surface area contributed by atoms with Crippen LogP contribution in [0.3, 0.4) is 0 Å². The van der Waals surface area contributed by atoms with Crippen LogP contribution in [0.2, 0.25) is 0 Å². The number of aliphatic imine (C=N–C) groups is 1. The Morgan fingerprint density at radius 1 is 0.509 bits per heavy atom. The molecular formula is C46H32N6S. The molecule has 7 heteroatoms. The predicted octanol–water partition coefficient (Wildman–Crippen LogP) is 10.1. The third-order valence-corrected chi connectivity index (χ3v) is 11.1. The summed E-state index contributed by atoms with van der Waals surface area (Å²) in [6.45, 7) is 0. The van der Waals surface area contributed by atoms with Crippen molar-refractivity contribution in [1.29, 1.82) is 0 Å². The highest BCUT2D eigenvalue weighted by Gasteiger charge is 2.38. The number of hydrogen-bond donors (Lipinski definition) is 2. The van der Waals surface area contributed by atoms with E-state index in [-0.39, 0.29) is 11.4 Å². The summed E-state index contributed by atoms with van der Waals surface area (Å²) in [6, 6.07) is 52.5. The molecule has 0 spiro atoms. The third-order valence-electron chi connectivity index (χ3n) is 9.84. The van der Waals surface area contributed by atoms with Gasteiger partial charge in [-0.2, -0.15) is 0 Å². The van der Waals surface area contributed by atoms with Crippen molar-refractivity contribution < 1.29 is 0 Å². The zero-order valence-electron chi connectivity index (χ0n) is 28.5. The van der Waals surface area contributed by atoms with Crippen LogP contribution in [0.25, 0.3) is 56.1 Å². The van der Waals surface area contributed by atoms with Gasteiger partial charge < -0.3 is 10.6 Å². The van der Waals surface area contributed by atoms with Crippen LogP contribution in [-0.4, -0.2) is 26.2 Å². The third kappa shape index (κ3) is 5.91. The summed E-state index contributed by atoms with van der Waals surface area (Å²) in [4.78, 5) is 21.5. The fourth-order valence-electron chi connectivity index (χ4n) is 7.13. The van der Waals surface area contributed by atoms with Crippen molar-refractivity contribution in [3.8, 4) is 45.3 Å². The number of aromatic nitrogens is 3. The van der Waals surface area contributed by atoms with Gasteiger partial charge in [0.1, 0.15) is 11.2 Å². The first-order chi connectivity index (χ1) is 26.2. The molecule has 0 radical (unpaired) electrons. The summed E-state index contributed by atoms with van der Waals surface area (Å²) in [5, 5.41) is 9.94. The van der Waals surface area contributed by atoms with Crippen LogP contribution < -0.4 is 10.6 Å². The Balaban J connectivity index is 1.03. The van der Waals surface area contributed by atoms with Gasteiger partial charge in [-0.25, -0.2) is 19.9 Å². The van der Waals surface area contributed by atoms with Crippen LogP contribution in [0, 0.1) is 0 Å². The van der Waals surface area contributed by atoms with Gasteiger partial charge in [0.05, 0.1) is 11.7 Å². The molecule has 252 valence electrons. The second-order valence-corrected chi connectivity index (χ2v) is 14.3. The largest absolute Gasteiger partial charge is 0.375 e. The summed E-state index contributed by atoms with van der Waals surface area (Å²) in [7, 11) is 0. The summed E-state index contributed by atoms with van der Waals surface area (Å²) >= 11 is 1.84. The first-order valence-corrected chi connectivity index (χ1v) is 18.6. The molecule has 3 aliphatic rings. The molecule has 10 rings (SSSR count). The van der Waals surface area contributed by atoms with Gasteiger partial charge in [-0.3, -0.25) is 0 Å². The monoisotopic (exact) mass is 700 g/mol. The van der Waals surface area contributed by atoms with Crippen LogP contribution in [0.5, 0.6) is 0 Å². The number of nitrogens with zero attached hydrogens (tertiary/aromatic N) is 4. The Morgan fingerprint density at radius 3 is 1.91 bits per heavy atom. The molecule has 6 aromatic carbocycles. The van der Waals surface area contributed by atoms with Crippen molar-refractivity contribution in [2.45, 2.75) is 11.4 Å². The minimum Gasteiger partial charge on any atom is -0.375 e. The summed E-state index contributed by atoms with van der Waals surface area (Å²) in [5.41, 5.74) is 9.48. The number of amidine groups is 1. The number of hydrogen-bond acceptors (Lipinski definition) is 7. The highest BCUT2D eigenvalue weighted by molar-refractivity contribution is 8.04. The van der Waals surface area contributed by atoms with Crippen LogP contribution >= 0.6 is 11.8 Å². The minimum absolute atomic E-state index is 0.0359. The lowest BCUT2D eigenvalue weighted by Crippen LogP contribution is -2.33. The van der Waals surface area contributed by atoms with E-state index in [4.69, 9.17) is 19.9 Å². The lowest BCUT2D eigenvalue weighted by Gasteiger charge is -2.27. The van der Waals surface area contributed by atoms with E-state index in [0.717, 1.165) is 44.9 Å². The Bertz CT molecular complexity index is 2650. The van der Waals surface area contributed by atoms with Gasteiger partial charge in [0, 0.05) is 32.7 Å². The minimum atomic E-state index is -0.0359. The van der Waals surface area contributed by atoms with Crippen molar-refractivity contribution in [3.05, 3.63) is 197 Å². The summed E-state index contributed by atoms with van der Waals surface area (Å²) in [5.74, 6) is 2.71. The van der Waals surface area contributed by atoms with Crippen molar-refractivity contribution in [2.75, 3.05) is 0 Å². The molecule has 0 bridgehead atoms. The second-order valence-electron chi connectivity index (χ2n) is 13.2. The van der Waals surface area contributed by atoms with E-state index in [0.29, 0.717) is 17.5 Å². The molecule has 0 amide bonds. The van der Waals surface area contributed by atoms with Gasteiger partial charge in [-0.05, 0) is 51.9 Å². The number of benzene rings is 6. The Labute approximate surface area is 311 Å². The Hall–Kier alpha value is -6.57. The van der Waals surface area contributed by atoms with Gasteiger partial charge >= 0.3 is 0 Å². The number of allylic oxidation sites excluding steroid dienone is 2. The molecular weight excluding hydrogens is 669 g/mol. The van der Waals surface area contributed by atoms with Crippen molar-refractivity contribution in [1.82, 2.24) is 25.6 Å². The predicted molar refractivity (Wildman–Crippen MR) is 217 cm³/mol. The molecule has 53 heavy (non-hydrogen) atoms. The van der Waals surface area contributed by atoms with E-state index in [1.807, 2.05) is 54.4 Å². The van der Waals surface area contributed by atoms with E-state index >= 15 is 0 Å². The van der Waals surface area contributed by atoms with E-state index in [1.165, 1.54) is 26.8 Å².